The predicted octanol–water partition coefficient (Wildman–Crippen LogP) is 3.86. The number of benzene rings is 1. The second kappa shape index (κ2) is 8.10. The lowest BCUT2D eigenvalue weighted by atomic mass is 10.2. The molecule has 1 amide bonds. The maximum Gasteiger partial charge on any atom is 0.237 e. The normalized spacial score (nSPS) is 11.8. The summed E-state index contributed by atoms with van der Waals surface area (Å²) < 4.78 is 7.32. The third-order valence-electron chi connectivity index (χ3n) is 4.07. The third-order valence-corrected chi connectivity index (χ3v) is 5.15. The molecule has 1 aromatic carbocycles. The van der Waals surface area contributed by atoms with Crippen LogP contribution in [0.15, 0.2) is 46.2 Å². The summed E-state index contributed by atoms with van der Waals surface area (Å²) >= 11 is 1.35. The number of aryl methyl sites for hydroxylation is 1. The van der Waals surface area contributed by atoms with Crippen molar-refractivity contribution < 1.29 is 9.21 Å². The second-order valence-corrected chi connectivity index (χ2v) is 7.19. The molecule has 3 rings (SSSR count). The molecule has 7 nitrogen and oxygen atoms in total. The van der Waals surface area contributed by atoms with Crippen molar-refractivity contribution in [2.75, 3.05) is 5.32 Å². The molecule has 2 heterocycles. The van der Waals surface area contributed by atoms with E-state index in [0.29, 0.717) is 23.0 Å². The van der Waals surface area contributed by atoms with Gasteiger partial charge in [0.25, 0.3) is 0 Å². The van der Waals surface area contributed by atoms with Gasteiger partial charge >= 0.3 is 0 Å². The average Bonchev–Trinajstić information content (AvgIpc) is 3.27. The van der Waals surface area contributed by atoms with E-state index in [2.05, 4.69) is 21.6 Å². The van der Waals surface area contributed by atoms with E-state index < -0.39 is 0 Å². The van der Waals surface area contributed by atoms with Gasteiger partial charge < -0.3 is 14.3 Å². The molecule has 8 heteroatoms. The van der Waals surface area contributed by atoms with Gasteiger partial charge in [-0.2, -0.15) is 5.26 Å². The van der Waals surface area contributed by atoms with Crippen LogP contribution >= 0.6 is 11.8 Å². The molecule has 0 unspecified atom stereocenters. The highest BCUT2D eigenvalue weighted by molar-refractivity contribution is 8.00. The largest absolute Gasteiger partial charge is 0.469 e. The fraction of sp³-hybridized carbons (Fsp3) is 0.263. The maximum absolute atomic E-state index is 12.5. The van der Waals surface area contributed by atoms with Gasteiger partial charge in [-0.3, -0.25) is 4.79 Å². The molecule has 3 aromatic rings. The first-order chi connectivity index (χ1) is 13.0. The van der Waals surface area contributed by atoms with Crippen LogP contribution in [0.25, 0.3) is 11.4 Å². The molecule has 0 aliphatic rings. The van der Waals surface area contributed by atoms with E-state index in [1.807, 2.05) is 31.4 Å². The summed E-state index contributed by atoms with van der Waals surface area (Å²) in [5, 5.41) is 20.5. The molecule has 0 bridgehead atoms. The van der Waals surface area contributed by atoms with Crippen LogP contribution in [0, 0.1) is 18.3 Å². The van der Waals surface area contributed by atoms with Crippen molar-refractivity contribution in [1.82, 2.24) is 14.8 Å². The number of nitriles is 1. The van der Waals surface area contributed by atoms with Gasteiger partial charge in [0.1, 0.15) is 5.76 Å². The fourth-order valence-corrected chi connectivity index (χ4v) is 3.47. The molecule has 0 aliphatic heterocycles. The minimum atomic E-state index is -0.367. The number of amides is 1. The Morgan fingerprint density at radius 1 is 1.33 bits per heavy atom. The number of carbonyl (C=O) groups excluding carboxylic acids is 1. The summed E-state index contributed by atoms with van der Waals surface area (Å²) in [5.74, 6) is 1.36. The SMILES string of the molecule is CCn1c(S[C@H](C)C(=O)Nc2ccc(C#N)cc2)nnc1-c1ccoc1C. The van der Waals surface area contributed by atoms with Crippen LogP contribution in [0.3, 0.4) is 0 Å². The minimum absolute atomic E-state index is 0.142. The van der Waals surface area contributed by atoms with Crippen LogP contribution in [0.5, 0.6) is 0 Å². The van der Waals surface area contributed by atoms with Crippen molar-refractivity contribution >= 4 is 23.4 Å². The number of thioether (sulfide) groups is 1. The quantitative estimate of drug-likeness (QED) is 0.651. The zero-order valence-electron chi connectivity index (χ0n) is 15.3. The molecular formula is C19H19N5O2S. The van der Waals surface area contributed by atoms with Crippen molar-refractivity contribution in [1.29, 1.82) is 5.26 Å². The van der Waals surface area contributed by atoms with E-state index in [0.717, 1.165) is 17.1 Å². The summed E-state index contributed by atoms with van der Waals surface area (Å²) in [4.78, 5) is 12.5. The van der Waals surface area contributed by atoms with E-state index >= 15 is 0 Å². The van der Waals surface area contributed by atoms with Gasteiger partial charge in [-0.25, -0.2) is 0 Å². The van der Waals surface area contributed by atoms with Gasteiger partial charge in [-0.15, -0.1) is 10.2 Å². The monoisotopic (exact) mass is 381 g/mol. The van der Waals surface area contributed by atoms with Gasteiger partial charge in [-0.1, -0.05) is 11.8 Å². The molecule has 0 saturated heterocycles. The van der Waals surface area contributed by atoms with E-state index in [-0.39, 0.29) is 11.2 Å². The average molecular weight is 381 g/mol. The van der Waals surface area contributed by atoms with Crippen molar-refractivity contribution in [3.05, 3.63) is 47.9 Å². The van der Waals surface area contributed by atoms with E-state index in [9.17, 15) is 4.79 Å². The maximum atomic E-state index is 12.5. The molecule has 0 saturated carbocycles. The van der Waals surface area contributed by atoms with Crippen LogP contribution in [0.2, 0.25) is 0 Å². The number of carbonyl (C=O) groups is 1. The Morgan fingerprint density at radius 3 is 2.67 bits per heavy atom. The highest BCUT2D eigenvalue weighted by Crippen LogP contribution is 2.29. The van der Waals surface area contributed by atoms with Crippen LogP contribution < -0.4 is 5.32 Å². The van der Waals surface area contributed by atoms with Crippen molar-refractivity contribution in [3.8, 4) is 17.5 Å². The summed E-state index contributed by atoms with van der Waals surface area (Å²) in [7, 11) is 0. The third kappa shape index (κ3) is 4.04. The Labute approximate surface area is 161 Å². The number of anilines is 1. The first kappa shape index (κ1) is 18.7. The highest BCUT2D eigenvalue weighted by atomic mass is 32.2. The summed E-state index contributed by atoms with van der Waals surface area (Å²) in [6, 6.07) is 10.7. The van der Waals surface area contributed by atoms with Crippen molar-refractivity contribution in [2.24, 2.45) is 0 Å². The lowest BCUT2D eigenvalue weighted by Crippen LogP contribution is -2.22. The number of nitrogens with zero attached hydrogens (tertiary/aromatic N) is 4. The predicted molar refractivity (Wildman–Crippen MR) is 103 cm³/mol. The van der Waals surface area contributed by atoms with Crippen LogP contribution in [-0.4, -0.2) is 25.9 Å². The molecule has 0 spiro atoms. The number of hydrogen-bond donors (Lipinski definition) is 1. The van der Waals surface area contributed by atoms with Gasteiger partial charge in [0, 0.05) is 12.2 Å². The summed E-state index contributed by atoms with van der Waals surface area (Å²) in [5.41, 5.74) is 2.09. The standard InChI is InChI=1S/C19H19N5O2S/c1-4-24-17(16-9-10-26-12(16)2)22-23-19(24)27-13(3)18(25)21-15-7-5-14(11-20)6-8-15/h5-10,13H,4H2,1-3H3,(H,21,25)/t13-/m1/s1. The minimum Gasteiger partial charge on any atom is -0.469 e. The molecule has 27 heavy (non-hydrogen) atoms. The zero-order chi connectivity index (χ0) is 19.4. The zero-order valence-corrected chi connectivity index (χ0v) is 16.1. The summed E-state index contributed by atoms with van der Waals surface area (Å²) in [6.07, 6.45) is 1.62. The van der Waals surface area contributed by atoms with E-state index in [1.54, 1.807) is 30.5 Å². The first-order valence-electron chi connectivity index (χ1n) is 8.48. The van der Waals surface area contributed by atoms with Gasteiger partial charge in [0.2, 0.25) is 5.91 Å². The summed E-state index contributed by atoms with van der Waals surface area (Å²) in [6.45, 7) is 6.39. The van der Waals surface area contributed by atoms with Gasteiger partial charge in [0.05, 0.1) is 28.7 Å². The first-order valence-corrected chi connectivity index (χ1v) is 9.36. The van der Waals surface area contributed by atoms with Crippen molar-refractivity contribution in [3.63, 3.8) is 0 Å². The highest BCUT2D eigenvalue weighted by Gasteiger charge is 2.21. The molecular weight excluding hydrogens is 362 g/mol. The lowest BCUT2D eigenvalue weighted by Gasteiger charge is -2.12. The number of rotatable bonds is 6. The Bertz CT molecular complexity index is 984. The molecule has 0 aliphatic carbocycles. The molecule has 0 radical (unpaired) electrons. The Hall–Kier alpha value is -3.05. The number of furan rings is 1. The van der Waals surface area contributed by atoms with Gasteiger partial charge in [-0.05, 0) is 51.1 Å². The molecule has 0 fully saturated rings. The van der Waals surface area contributed by atoms with Crippen LogP contribution in [0.1, 0.15) is 25.2 Å². The van der Waals surface area contributed by atoms with Crippen LogP contribution in [-0.2, 0) is 11.3 Å². The van der Waals surface area contributed by atoms with E-state index in [4.69, 9.17) is 9.68 Å². The Kier molecular flexibility index (Phi) is 5.62. The Balaban J connectivity index is 1.72. The molecule has 2 aromatic heterocycles. The number of hydrogen-bond acceptors (Lipinski definition) is 6. The second-order valence-electron chi connectivity index (χ2n) is 5.88. The lowest BCUT2D eigenvalue weighted by molar-refractivity contribution is -0.115. The smallest absolute Gasteiger partial charge is 0.237 e. The fourth-order valence-electron chi connectivity index (χ4n) is 2.56. The van der Waals surface area contributed by atoms with Gasteiger partial charge in [0.15, 0.2) is 11.0 Å². The Morgan fingerprint density at radius 2 is 2.07 bits per heavy atom. The molecule has 1 atom stereocenters. The number of nitrogens with one attached hydrogen (secondary N) is 1. The van der Waals surface area contributed by atoms with E-state index in [1.165, 1.54) is 11.8 Å². The topological polar surface area (TPSA) is 96.7 Å². The van der Waals surface area contributed by atoms with Crippen LogP contribution in [0.4, 0.5) is 5.69 Å². The number of aromatic nitrogens is 3. The molecule has 1 N–H and O–H groups in total. The molecule has 138 valence electrons. The van der Waals surface area contributed by atoms with Crippen molar-refractivity contribution in [2.45, 2.75) is 37.7 Å².